The number of nitrogens with two attached hydrogens (primary N) is 1. The fourth-order valence-corrected chi connectivity index (χ4v) is 4.70. The van der Waals surface area contributed by atoms with Crippen LogP contribution in [0, 0.1) is 6.92 Å². The number of rotatable bonds is 6. The maximum absolute atomic E-state index is 6.34. The zero-order valence-corrected chi connectivity index (χ0v) is 19.0. The number of hydrogen-bond donors (Lipinski definition) is 2. The molecule has 4 rings (SSSR count). The van der Waals surface area contributed by atoms with Crippen LogP contribution in [0.2, 0.25) is 0 Å². The number of pyridine rings is 1. The Kier molecular flexibility index (Phi) is 6.57. The Bertz CT molecular complexity index is 1030. The Hall–Kier alpha value is -2.85. The molecule has 1 aromatic heterocycles. The lowest BCUT2D eigenvalue weighted by Crippen LogP contribution is -2.43. The van der Waals surface area contributed by atoms with Crippen LogP contribution in [0.15, 0.2) is 48.7 Å². The highest BCUT2D eigenvalue weighted by molar-refractivity contribution is 5.80. The third-order valence-corrected chi connectivity index (χ3v) is 6.35. The quantitative estimate of drug-likeness (QED) is 0.580. The molecule has 0 radical (unpaired) electrons. The first-order chi connectivity index (χ1) is 15.1. The maximum atomic E-state index is 6.34. The summed E-state index contributed by atoms with van der Waals surface area (Å²) >= 11 is 0. The summed E-state index contributed by atoms with van der Waals surface area (Å²) in [6.45, 7) is 10.9. The predicted octanol–water partition coefficient (Wildman–Crippen LogP) is 5.23. The number of benzene rings is 2. The van der Waals surface area contributed by atoms with Crippen molar-refractivity contribution in [2.45, 2.75) is 40.0 Å². The second-order valence-electron chi connectivity index (χ2n) is 8.48. The molecule has 1 aliphatic heterocycles. The molecule has 4 heteroatoms. The Morgan fingerprint density at radius 2 is 1.71 bits per heavy atom. The van der Waals surface area contributed by atoms with Gasteiger partial charge in [-0.3, -0.25) is 0 Å². The van der Waals surface area contributed by atoms with Crippen LogP contribution in [0.5, 0.6) is 0 Å². The van der Waals surface area contributed by atoms with Crippen molar-refractivity contribution < 1.29 is 0 Å². The molecule has 0 amide bonds. The molecule has 1 aliphatic rings. The average Bonchev–Trinajstić information content (AvgIpc) is 2.80. The zero-order chi connectivity index (χ0) is 21.8. The summed E-state index contributed by atoms with van der Waals surface area (Å²) in [6, 6.07) is 15.6. The molecular weight excluding hydrogens is 380 g/mol. The van der Waals surface area contributed by atoms with Gasteiger partial charge in [0.1, 0.15) is 5.82 Å². The van der Waals surface area contributed by atoms with Crippen molar-refractivity contribution in [2.24, 2.45) is 0 Å². The largest absolute Gasteiger partial charge is 0.383 e. The van der Waals surface area contributed by atoms with E-state index in [1.807, 2.05) is 6.20 Å². The molecule has 31 heavy (non-hydrogen) atoms. The molecule has 1 fully saturated rings. The van der Waals surface area contributed by atoms with E-state index in [1.165, 1.54) is 33.5 Å². The molecule has 0 aliphatic carbocycles. The summed E-state index contributed by atoms with van der Waals surface area (Å²) in [7, 11) is 0. The molecule has 2 aromatic carbocycles. The third-order valence-electron chi connectivity index (χ3n) is 6.35. The molecule has 0 unspecified atom stereocenters. The Labute approximate surface area is 186 Å². The van der Waals surface area contributed by atoms with Crippen LogP contribution in [0.4, 0.5) is 11.5 Å². The van der Waals surface area contributed by atoms with Gasteiger partial charge in [-0.1, -0.05) is 44.5 Å². The number of hydrogen-bond acceptors (Lipinski definition) is 4. The first-order valence-corrected chi connectivity index (χ1v) is 11.5. The SMILES string of the molecule is CCCc1cc(-c2cc(-c3ccc(N4CCNCC4)cc3)cnc2N)cc(C)c1CC. The minimum Gasteiger partial charge on any atom is -0.383 e. The van der Waals surface area contributed by atoms with Gasteiger partial charge in [-0.25, -0.2) is 4.98 Å². The minimum absolute atomic E-state index is 0.590. The molecule has 0 atom stereocenters. The molecule has 0 bridgehead atoms. The van der Waals surface area contributed by atoms with Gasteiger partial charge < -0.3 is 16.0 Å². The topological polar surface area (TPSA) is 54.2 Å². The summed E-state index contributed by atoms with van der Waals surface area (Å²) in [5.41, 5.74) is 16.3. The zero-order valence-electron chi connectivity index (χ0n) is 19.0. The van der Waals surface area contributed by atoms with E-state index >= 15 is 0 Å². The number of piperazine rings is 1. The summed E-state index contributed by atoms with van der Waals surface area (Å²) < 4.78 is 0. The van der Waals surface area contributed by atoms with Crippen molar-refractivity contribution in [2.75, 3.05) is 36.8 Å². The fourth-order valence-electron chi connectivity index (χ4n) is 4.70. The third kappa shape index (κ3) is 4.59. The lowest BCUT2D eigenvalue weighted by Gasteiger charge is -2.29. The number of nitrogens with one attached hydrogen (secondary N) is 1. The number of anilines is 2. The van der Waals surface area contributed by atoms with Crippen LogP contribution in [0.1, 0.15) is 37.0 Å². The molecule has 2 heterocycles. The van der Waals surface area contributed by atoms with Gasteiger partial charge in [-0.15, -0.1) is 0 Å². The second-order valence-corrected chi connectivity index (χ2v) is 8.48. The van der Waals surface area contributed by atoms with Gasteiger partial charge in [0, 0.05) is 49.2 Å². The smallest absolute Gasteiger partial charge is 0.131 e. The van der Waals surface area contributed by atoms with Gasteiger partial charge in [0.2, 0.25) is 0 Å². The normalized spacial score (nSPS) is 14.1. The molecule has 1 saturated heterocycles. The summed E-state index contributed by atoms with van der Waals surface area (Å²) in [5, 5.41) is 3.41. The second kappa shape index (κ2) is 9.52. The van der Waals surface area contributed by atoms with Crippen LogP contribution in [-0.4, -0.2) is 31.2 Å². The van der Waals surface area contributed by atoms with E-state index in [-0.39, 0.29) is 0 Å². The van der Waals surface area contributed by atoms with Gasteiger partial charge in [-0.2, -0.15) is 0 Å². The van der Waals surface area contributed by atoms with E-state index in [1.54, 1.807) is 0 Å². The lowest BCUT2D eigenvalue weighted by molar-refractivity contribution is 0.589. The van der Waals surface area contributed by atoms with E-state index < -0.39 is 0 Å². The highest BCUT2D eigenvalue weighted by Crippen LogP contribution is 2.33. The Balaban J connectivity index is 1.68. The van der Waals surface area contributed by atoms with Crippen molar-refractivity contribution in [1.82, 2.24) is 10.3 Å². The van der Waals surface area contributed by atoms with Crippen LogP contribution in [0.3, 0.4) is 0 Å². The van der Waals surface area contributed by atoms with E-state index in [9.17, 15) is 0 Å². The first-order valence-electron chi connectivity index (χ1n) is 11.5. The van der Waals surface area contributed by atoms with Gasteiger partial charge in [0.25, 0.3) is 0 Å². The monoisotopic (exact) mass is 414 g/mol. The van der Waals surface area contributed by atoms with Crippen molar-refractivity contribution in [3.63, 3.8) is 0 Å². The molecule has 3 N–H and O–H groups in total. The molecule has 162 valence electrons. The predicted molar refractivity (Wildman–Crippen MR) is 133 cm³/mol. The number of nitrogens with zero attached hydrogens (tertiary/aromatic N) is 2. The lowest BCUT2D eigenvalue weighted by atomic mass is 9.91. The van der Waals surface area contributed by atoms with Crippen molar-refractivity contribution in [3.8, 4) is 22.3 Å². The first kappa shape index (κ1) is 21.4. The minimum atomic E-state index is 0.590. The van der Waals surface area contributed by atoms with E-state index in [2.05, 4.69) is 78.4 Å². The molecule has 0 saturated carbocycles. The van der Waals surface area contributed by atoms with Gasteiger partial charge in [0.05, 0.1) is 0 Å². The van der Waals surface area contributed by atoms with E-state index in [0.717, 1.165) is 56.6 Å². The van der Waals surface area contributed by atoms with Crippen LogP contribution in [0.25, 0.3) is 22.3 Å². The van der Waals surface area contributed by atoms with Gasteiger partial charge in [0.15, 0.2) is 0 Å². The van der Waals surface area contributed by atoms with Crippen LogP contribution < -0.4 is 16.0 Å². The van der Waals surface area contributed by atoms with Crippen molar-refractivity contribution in [1.29, 1.82) is 0 Å². The Morgan fingerprint density at radius 1 is 0.968 bits per heavy atom. The summed E-state index contributed by atoms with van der Waals surface area (Å²) in [5.74, 6) is 0.590. The standard InChI is InChI=1S/C27H34N4/c1-4-6-21-16-22(15-19(3)25(21)5-2)26-17-23(18-30-27(26)28)20-7-9-24(10-8-20)31-13-11-29-12-14-31/h7-10,15-18,29H,4-6,11-14H2,1-3H3,(H2,28,30). The highest BCUT2D eigenvalue weighted by atomic mass is 15.2. The highest BCUT2D eigenvalue weighted by Gasteiger charge is 2.13. The van der Waals surface area contributed by atoms with Crippen molar-refractivity contribution >= 4 is 11.5 Å². The summed E-state index contributed by atoms with van der Waals surface area (Å²) in [4.78, 5) is 6.98. The van der Waals surface area contributed by atoms with Crippen LogP contribution >= 0.6 is 0 Å². The summed E-state index contributed by atoms with van der Waals surface area (Å²) in [6.07, 6.45) is 5.19. The average molecular weight is 415 g/mol. The number of aromatic nitrogens is 1. The fraction of sp³-hybridized carbons (Fsp3) is 0.370. The number of aryl methyl sites for hydroxylation is 2. The van der Waals surface area contributed by atoms with Crippen molar-refractivity contribution in [3.05, 3.63) is 65.4 Å². The maximum Gasteiger partial charge on any atom is 0.131 e. The Morgan fingerprint density at radius 3 is 2.39 bits per heavy atom. The molecule has 3 aromatic rings. The van der Waals surface area contributed by atoms with E-state index in [0.29, 0.717) is 5.82 Å². The van der Waals surface area contributed by atoms with Gasteiger partial charge in [-0.05, 0) is 65.8 Å². The van der Waals surface area contributed by atoms with Crippen LogP contribution in [-0.2, 0) is 12.8 Å². The number of nitrogen functional groups attached to an aromatic ring is 1. The van der Waals surface area contributed by atoms with Gasteiger partial charge >= 0.3 is 0 Å². The molecular formula is C27H34N4. The van der Waals surface area contributed by atoms with E-state index in [4.69, 9.17) is 5.73 Å². The molecule has 0 spiro atoms. The molecule has 4 nitrogen and oxygen atoms in total.